The van der Waals surface area contributed by atoms with E-state index in [4.69, 9.17) is 27.9 Å². The van der Waals surface area contributed by atoms with Gasteiger partial charge >= 0.3 is 0 Å². The third-order valence-corrected chi connectivity index (χ3v) is 8.50. The zero-order valence-corrected chi connectivity index (χ0v) is 24.2. The number of Topliss-reactive ketones (excluding diaryl/α,β-unsaturated/α-hetero) is 1. The maximum atomic E-state index is 13.8. The van der Waals surface area contributed by atoms with Gasteiger partial charge in [0.05, 0.1) is 6.04 Å². The van der Waals surface area contributed by atoms with Crippen molar-refractivity contribution in [3.05, 3.63) is 110 Å². The summed E-state index contributed by atoms with van der Waals surface area (Å²) in [5.74, 6) is 0.879. The maximum absolute atomic E-state index is 13.8. The maximum Gasteiger partial charge on any atom is 0.162 e. The summed E-state index contributed by atoms with van der Waals surface area (Å²) in [7, 11) is 0. The van der Waals surface area contributed by atoms with Crippen molar-refractivity contribution in [3.8, 4) is 5.75 Å². The molecule has 1 atom stereocenters. The molecule has 3 nitrogen and oxygen atoms in total. The molecule has 0 unspecified atom stereocenters. The minimum Gasteiger partial charge on any atom is -0.488 e. The largest absolute Gasteiger partial charge is 0.488 e. The predicted molar refractivity (Wildman–Crippen MR) is 160 cm³/mol. The van der Waals surface area contributed by atoms with Gasteiger partial charge in [0.25, 0.3) is 0 Å². The van der Waals surface area contributed by atoms with Crippen LogP contribution in [0.25, 0.3) is 16.3 Å². The molecule has 6 rings (SSSR count). The van der Waals surface area contributed by atoms with Gasteiger partial charge in [-0.05, 0) is 64.6 Å². The minimum absolute atomic E-state index is 0.117. The molecule has 0 saturated heterocycles. The van der Waals surface area contributed by atoms with Crippen molar-refractivity contribution >= 4 is 66.9 Å². The van der Waals surface area contributed by atoms with Crippen LogP contribution in [0.2, 0.25) is 10.0 Å². The van der Waals surface area contributed by atoms with E-state index in [1.807, 2.05) is 24.3 Å². The van der Waals surface area contributed by atoms with Crippen molar-refractivity contribution in [2.75, 3.05) is 5.32 Å². The number of halogens is 3. The van der Waals surface area contributed by atoms with Gasteiger partial charge in [-0.15, -0.1) is 0 Å². The fraction of sp³-hybridized carbons (Fsp3) is 0.219. The fourth-order valence-electron chi connectivity index (χ4n) is 5.74. The molecule has 2 aliphatic rings. The van der Waals surface area contributed by atoms with E-state index in [9.17, 15) is 4.79 Å². The van der Waals surface area contributed by atoms with Crippen molar-refractivity contribution in [2.45, 2.75) is 39.3 Å². The van der Waals surface area contributed by atoms with E-state index in [2.05, 4.69) is 71.5 Å². The Morgan fingerprint density at radius 2 is 1.82 bits per heavy atom. The summed E-state index contributed by atoms with van der Waals surface area (Å²) in [4.78, 5) is 13.8. The number of carbonyl (C=O) groups excluding carboxylic acids is 1. The number of ketones is 1. The number of hydrogen-bond donors (Lipinski definition) is 1. The van der Waals surface area contributed by atoms with Crippen molar-refractivity contribution in [1.82, 2.24) is 0 Å². The first kappa shape index (κ1) is 25.5. The standard InChI is InChI=1S/C32H26BrCl2NO2/c1-32(2)15-24-29-22-6-4-3-5-18(22)8-11-26(29)36-31(30(24)27(37)16-32)23-13-20(33)9-12-28(23)38-17-19-7-10-21(34)14-25(19)35/h3-14,31,36H,15-17H2,1-2H3/t31-/m1/s1. The third-order valence-electron chi connectivity index (χ3n) is 7.42. The molecule has 0 fully saturated rings. The average Bonchev–Trinajstić information content (AvgIpc) is 2.87. The highest BCUT2D eigenvalue weighted by Gasteiger charge is 2.41. The molecule has 0 radical (unpaired) electrons. The van der Waals surface area contributed by atoms with Crippen LogP contribution in [0.4, 0.5) is 5.69 Å². The Morgan fingerprint density at radius 1 is 1.00 bits per heavy atom. The van der Waals surface area contributed by atoms with E-state index in [0.717, 1.165) is 49.8 Å². The molecule has 1 aliphatic heterocycles. The van der Waals surface area contributed by atoms with Crippen LogP contribution in [-0.4, -0.2) is 5.78 Å². The van der Waals surface area contributed by atoms with Gasteiger partial charge in [-0.2, -0.15) is 0 Å². The van der Waals surface area contributed by atoms with Gasteiger partial charge in [0.2, 0.25) is 0 Å². The number of anilines is 1. The first-order valence-electron chi connectivity index (χ1n) is 12.6. The lowest BCUT2D eigenvalue weighted by Gasteiger charge is -2.40. The van der Waals surface area contributed by atoms with Gasteiger partial charge in [0.15, 0.2) is 5.78 Å². The monoisotopic (exact) mass is 605 g/mol. The summed E-state index contributed by atoms with van der Waals surface area (Å²) < 4.78 is 7.26. The molecule has 0 amide bonds. The molecule has 1 aliphatic carbocycles. The van der Waals surface area contributed by atoms with Crippen LogP contribution in [0.5, 0.6) is 5.75 Å². The topological polar surface area (TPSA) is 38.3 Å². The van der Waals surface area contributed by atoms with Crippen LogP contribution in [0.1, 0.15) is 49.4 Å². The van der Waals surface area contributed by atoms with Gasteiger partial charge < -0.3 is 10.1 Å². The quantitative estimate of drug-likeness (QED) is 0.251. The van der Waals surface area contributed by atoms with Gasteiger partial charge in [-0.1, -0.05) is 89.4 Å². The lowest BCUT2D eigenvalue weighted by atomic mass is 9.68. The Morgan fingerprint density at radius 3 is 2.63 bits per heavy atom. The first-order valence-corrected chi connectivity index (χ1v) is 14.2. The van der Waals surface area contributed by atoms with Gasteiger partial charge in [-0.25, -0.2) is 0 Å². The highest BCUT2D eigenvalue weighted by molar-refractivity contribution is 9.10. The van der Waals surface area contributed by atoms with E-state index < -0.39 is 0 Å². The zero-order valence-electron chi connectivity index (χ0n) is 21.1. The molecule has 0 spiro atoms. The van der Waals surface area contributed by atoms with E-state index in [1.165, 1.54) is 5.39 Å². The number of ether oxygens (including phenoxy) is 1. The molecule has 6 heteroatoms. The molecule has 0 saturated carbocycles. The summed E-state index contributed by atoms with van der Waals surface area (Å²) in [6.45, 7) is 4.64. The van der Waals surface area contributed by atoms with Gasteiger partial charge in [-0.3, -0.25) is 4.79 Å². The van der Waals surface area contributed by atoms with Crippen LogP contribution in [0.3, 0.4) is 0 Å². The molecule has 0 bridgehead atoms. The van der Waals surface area contributed by atoms with Gasteiger partial charge in [0, 0.05) is 48.9 Å². The van der Waals surface area contributed by atoms with Gasteiger partial charge in [0.1, 0.15) is 12.4 Å². The van der Waals surface area contributed by atoms with Crippen LogP contribution in [0, 0.1) is 5.41 Å². The highest BCUT2D eigenvalue weighted by atomic mass is 79.9. The average molecular weight is 607 g/mol. The van der Waals surface area contributed by atoms with E-state index in [-0.39, 0.29) is 23.8 Å². The molecule has 4 aromatic carbocycles. The Hall–Kier alpha value is -2.79. The molecule has 0 aromatic heterocycles. The van der Waals surface area contributed by atoms with E-state index in [1.54, 1.807) is 12.1 Å². The minimum atomic E-state index is -0.338. The lowest BCUT2D eigenvalue weighted by Crippen LogP contribution is -2.33. The SMILES string of the molecule is CC1(C)CC(=O)C2=C(C1)c1c(ccc3ccccc13)N[C@@H]2c1cc(Br)ccc1OCc1ccc(Cl)cc1Cl. The summed E-state index contributed by atoms with van der Waals surface area (Å²) >= 11 is 16.1. The molecular weight excluding hydrogens is 581 g/mol. The van der Waals surface area contributed by atoms with Crippen molar-refractivity contribution in [2.24, 2.45) is 5.41 Å². The molecule has 1 heterocycles. The van der Waals surface area contributed by atoms with E-state index in [0.29, 0.717) is 22.2 Å². The van der Waals surface area contributed by atoms with Crippen molar-refractivity contribution < 1.29 is 9.53 Å². The second-order valence-electron chi connectivity index (χ2n) is 10.8. The Kier molecular flexibility index (Phi) is 6.54. The highest BCUT2D eigenvalue weighted by Crippen LogP contribution is 2.53. The number of hydrogen-bond acceptors (Lipinski definition) is 3. The molecule has 4 aromatic rings. The molecule has 38 heavy (non-hydrogen) atoms. The number of benzene rings is 4. The predicted octanol–water partition coefficient (Wildman–Crippen LogP) is 9.80. The molecular formula is C32H26BrCl2NO2. The normalized spacial score (nSPS) is 18.1. The Bertz CT molecular complexity index is 1640. The van der Waals surface area contributed by atoms with Crippen LogP contribution in [-0.2, 0) is 11.4 Å². The number of nitrogens with one attached hydrogen (secondary N) is 1. The molecule has 1 N–H and O–H groups in total. The lowest BCUT2D eigenvalue weighted by molar-refractivity contribution is -0.118. The Balaban J connectivity index is 1.49. The second kappa shape index (κ2) is 9.75. The van der Waals surface area contributed by atoms with Crippen molar-refractivity contribution in [1.29, 1.82) is 0 Å². The fourth-order valence-corrected chi connectivity index (χ4v) is 6.58. The number of allylic oxidation sites excluding steroid dienone is 1. The number of rotatable bonds is 4. The van der Waals surface area contributed by atoms with Crippen molar-refractivity contribution in [3.63, 3.8) is 0 Å². The number of fused-ring (bicyclic) bond motifs is 4. The zero-order chi connectivity index (χ0) is 26.6. The summed E-state index contributed by atoms with van der Waals surface area (Å²) in [6, 6.07) is 23.7. The Labute approximate surface area is 240 Å². The first-order chi connectivity index (χ1) is 18.2. The second-order valence-corrected chi connectivity index (χ2v) is 12.6. The number of carbonyl (C=O) groups is 1. The molecule has 192 valence electrons. The summed E-state index contributed by atoms with van der Waals surface area (Å²) in [6.07, 6.45) is 1.34. The smallest absolute Gasteiger partial charge is 0.162 e. The van der Waals surface area contributed by atoms with Crippen LogP contribution < -0.4 is 10.1 Å². The van der Waals surface area contributed by atoms with Crippen LogP contribution >= 0.6 is 39.1 Å². The summed E-state index contributed by atoms with van der Waals surface area (Å²) in [5.41, 5.74) is 5.77. The third kappa shape index (κ3) is 4.64. The summed E-state index contributed by atoms with van der Waals surface area (Å²) in [5, 5.41) is 7.20. The van der Waals surface area contributed by atoms with Crippen LogP contribution in [0.15, 0.2) is 82.8 Å². The van der Waals surface area contributed by atoms with E-state index >= 15 is 0 Å².